The van der Waals surface area contributed by atoms with Crippen LogP contribution in [0.1, 0.15) is 11.4 Å². The number of halogens is 1. The van der Waals surface area contributed by atoms with Crippen molar-refractivity contribution >= 4 is 28.5 Å². The number of aromatic nitrogens is 4. The number of tetrazole rings is 1. The highest BCUT2D eigenvalue weighted by atomic mass is 35.5. The third kappa shape index (κ3) is 3.13. The molecule has 0 aliphatic heterocycles. The fourth-order valence-corrected chi connectivity index (χ4v) is 1.67. The standard InChI is InChI=1S/C11H8ClN7O2/c1-6-2-10(19(20)21)9(3-8(6)12)14-5-7(4-13)11-15-17-18-16-11/h2-3,5,14H,1H3,(H,15,16,17,18). The largest absolute Gasteiger partial charge is 0.355 e. The van der Waals surface area contributed by atoms with Gasteiger partial charge in [-0.3, -0.25) is 10.1 Å². The highest BCUT2D eigenvalue weighted by Crippen LogP contribution is 2.31. The van der Waals surface area contributed by atoms with E-state index in [4.69, 9.17) is 16.9 Å². The van der Waals surface area contributed by atoms with Crippen LogP contribution in [0.2, 0.25) is 5.02 Å². The molecule has 0 spiro atoms. The van der Waals surface area contributed by atoms with Gasteiger partial charge in [0.25, 0.3) is 5.69 Å². The molecule has 0 saturated carbocycles. The number of allylic oxidation sites excluding steroid dienone is 1. The number of hydrogen-bond donors (Lipinski definition) is 2. The quantitative estimate of drug-likeness (QED) is 0.501. The van der Waals surface area contributed by atoms with E-state index in [1.165, 1.54) is 18.3 Å². The number of rotatable bonds is 4. The molecule has 0 atom stereocenters. The normalized spacial score (nSPS) is 11.0. The van der Waals surface area contributed by atoms with E-state index >= 15 is 0 Å². The van der Waals surface area contributed by atoms with E-state index in [1.54, 1.807) is 6.92 Å². The van der Waals surface area contributed by atoms with Crippen molar-refractivity contribution in [2.75, 3.05) is 5.32 Å². The first-order valence-corrected chi connectivity index (χ1v) is 5.96. The summed E-state index contributed by atoms with van der Waals surface area (Å²) in [6.07, 6.45) is 1.25. The Morgan fingerprint density at radius 2 is 2.38 bits per heavy atom. The van der Waals surface area contributed by atoms with E-state index in [0.29, 0.717) is 10.6 Å². The number of H-pyrrole nitrogens is 1. The molecule has 1 heterocycles. The maximum absolute atomic E-state index is 11.0. The van der Waals surface area contributed by atoms with Gasteiger partial charge in [0.15, 0.2) is 0 Å². The number of hydrogen-bond acceptors (Lipinski definition) is 7. The Hall–Kier alpha value is -2.99. The third-order valence-corrected chi connectivity index (χ3v) is 2.96. The summed E-state index contributed by atoms with van der Waals surface area (Å²) in [5, 5.41) is 35.9. The predicted octanol–water partition coefficient (Wildman–Crippen LogP) is 2.05. The fourth-order valence-electron chi connectivity index (χ4n) is 1.51. The molecule has 0 amide bonds. The molecule has 106 valence electrons. The third-order valence-electron chi connectivity index (χ3n) is 2.55. The number of nitriles is 1. The van der Waals surface area contributed by atoms with Gasteiger partial charge in [-0.05, 0) is 23.8 Å². The summed E-state index contributed by atoms with van der Waals surface area (Å²) in [4.78, 5) is 10.5. The van der Waals surface area contributed by atoms with Gasteiger partial charge in [0, 0.05) is 17.3 Å². The van der Waals surface area contributed by atoms with E-state index in [2.05, 4.69) is 25.9 Å². The van der Waals surface area contributed by atoms with E-state index in [9.17, 15) is 10.1 Å². The number of nitro benzene ring substituents is 1. The van der Waals surface area contributed by atoms with Crippen molar-refractivity contribution in [2.24, 2.45) is 0 Å². The lowest BCUT2D eigenvalue weighted by atomic mass is 10.2. The van der Waals surface area contributed by atoms with Gasteiger partial charge in [-0.2, -0.15) is 10.5 Å². The van der Waals surface area contributed by atoms with Crippen molar-refractivity contribution < 1.29 is 4.92 Å². The lowest BCUT2D eigenvalue weighted by Crippen LogP contribution is -1.98. The summed E-state index contributed by atoms with van der Waals surface area (Å²) in [5.74, 6) is 0.0749. The highest BCUT2D eigenvalue weighted by Gasteiger charge is 2.16. The SMILES string of the molecule is Cc1cc([N+](=O)[O-])c(NC=C(C#N)c2nn[nH]n2)cc1Cl. The van der Waals surface area contributed by atoms with Gasteiger partial charge >= 0.3 is 0 Å². The van der Waals surface area contributed by atoms with Crippen molar-refractivity contribution in [3.63, 3.8) is 0 Å². The first-order chi connectivity index (χ1) is 10.0. The monoisotopic (exact) mass is 305 g/mol. The zero-order valence-corrected chi connectivity index (χ0v) is 11.4. The molecule has 0 bridgehead atoms. The summed E-state index contributed by atoms with van der Waals surface area (Å²) in [6.45, 7) is 1.66. The molecule has 0 fully saturated rings. The van der Waals surface area contributed by atoms with Crippen molar-refractivity contribution in [1.82, 2.24) is 20.6 Å². The highest BCUT2D eigenvalue weighted by molar-refractivity contribution is 6.31. The van der Waals surface area contributed by atoms with Crippen molar-refractivity contribution in [1.29, 1.82) is 5.26 Å². The number of anilines is 1. The first kappa shape index (κ1) is 14.4. The van der Waals surface area contributed by atoms with Crippen LogP contribution in [-0.2, 0) is 0 Å². The van der Waals surface area contributed by atoms with Crippen LogP contribution >= 0.6 is 11.6 Å². The van der Waals surface area contributed by atoms with Gasteiger partial charge in [-0.1, -0.05) is 11.6 Å². The Balaban J connectivity index is 2.38. The molecule has 10 heteroatoms. The van der Waals surface area contributed by atoms with Crippen LogP contribution in [0, 0.1) is 28.4 Å². The van der Waals surface area contributed by atoms with Gasteiger partial charge in [0.05, 0.1) is 4.92 Å². The molecular formula is C11H8ClN7O2. The lowest BCUT2D eigenvalue weighted by molar-refractivity contribution is -0.384. The minimum atomic E-state index is -0.542. The van der Waals surface area contributed by atoms with Gasteiger partial charge in [0.1, 0.15) is 17.3 Å². The fraction of sp³-hybridized carbons (Fsp3) is 0.0909. The summed E-state index contributed by atoms with van der Waals surface area (Å²) < 4.78 is 0. The van der Waals surface area contributed by atoms with Crippen LogP contribution in [0.4, 0.5) is 11.4 Å². The molecule has 21 heavy (non-hydrogen) atoms. The Bertz CT molecular complexity index is 749. The van der Waals surface area contributed by atoms with Gasteiger partial charge in [0.2, 0.25) is 5.82 Å². The lowest BCUT2D eigenvalue weighted by Gasteiger charge is -2.05. The summed E-state index contributed by atoms with van der Waals surface area (Å²) in [7, 11) is 0. The van der Waals surface area contributed by atoms with Gasteiger partial charge in [-0.15, -0.1) is 10.2 Å². The van der Waals surface area contributed by atoms with Crippen LogP contribution in [0.3, 0.4) is 0 Å². The minimum Gasteiger partial charge on any atom is -0.355 e. The molecule has 0 aliphatic rings. The van der Waals surface area contributed by atoms with E-state index in [1.807, 2.05) is 6.07 Å². The number of aromatic amines is 1. The molecule has 1 aromatic carbocycles. The Kier molecular flexibility index (Phi) is 4.10. The van der Waals surface area contributed by atoms with E-state index < -0.39 is 4.92 Å². The average molecular weight is 306 g/mol. The maximum atomic E-state index is 11.0. The van der Waals surface area contributed by atoms with Crippen LogP contribution in [0.15, 0.2) is 18.3 Å². The molecular weight excluding hydrogens is 298 g/mol. The van der Waals surface area contributed by atoms with Gasteiger partial charge < -0.3 is 5.32 Å². The number of nitrogens with zero attached hydrogens (tertiary/aromatic N) is 5. The van der Waals surface area contributed by atoms with Crippen molar-refractivity contribution in [2.45, 2.75) is 6.92 Å². The molecule has 0 radical (unpaired) electrons. The number of nitro groups is 1. The zero-order chi connectivity index (χ0) is 15.4. The molecule has 0 unspecified atom stereocenters. The summed E-state index contributed by atoms with van der Waals surface area (Å²) in [6, 6.07) is 4.62. The second kappa shape index (κ2) is 5.98. The Morgan fingerprint density at radius 3 is 2.95 bits per heavy atom. The Labute approximate surface area is 123 Å². The predicted molar refractivity (Wildman–Crippen MR) is 74.2 cm³/mol. The molecule has 2 rings (SSSR count). The van der Waals surface area contributed by atoms with Crippen LogP contribution in [-0.4, -0.2) is 25.5 Å². The van der Waals surface area contributed by atoms with Crippen LogP contribution in [0.5, 0.6) is 0 Å². The van der Waals surface area contributed by atoms with Crippen molar-refractivity contribution in [3.8, 4) is 6.07 Å². The molecule has 9 nitrogen and oxygen atoms in total. The minimum absolute atomic E-state index is 0.0646. The molecule has 2 N–H and O–H groups in total. The molecule has 0 saturated heterocycles. The Morgan fingerprint density at radius 1 is 1.62 bits per heavy atom. The van der Waals surface area contributed by atoms with Gasteiger partial charge in [-0.25, -0.2) is 0 Å². The van der Waals surface area contributed by atoms with Crippen LogP contribution in [0.25, 0.3) is 5.57 Å². The topological polar surface area (TPSA) is 133 Å². The zero-order valence-electron chi connectivity index (χ0n) is 10.7. The summed E-state index contributed by atoms with van der Waals surface area (Å²) >= 11 is 5.95. The number of benzene rings is 1. The second-order valence-electron chi connectivity index (χ2n) is 3.93. The number of nitrogens with one attached hydrogen (secondary N) is 2. The van der Waals surface area contributed by atoms with Crippen LogP contribution < -0.4 is 5.32 Å². The van der Waals surface area contributed by atoms with Crippen molar-refractivity contribution in [3.05, 3.63) is 44.9 Å². The maximum Gasteiger partial charge on any atom is 0.293 e. The summed E-state index contributed by atoms with van der Waals surface area (Å²) in [5.41, 5.74) is 0.650. The van der Waals surface area contributed by atoms with E-state index in [0.717, 1.165) is 0 Å². The average Bonchev–Trinajstić information content (AvgIpc) is 2.96. The first-order valence-electron chi connectivity index (χ1n) is 5.58. The molecule has 1 aromatic heterocycles. The second-order valence-corrected chi connectivity index (χ2v) is 4.33. The van der Waals surface area contributed by atoms with E-state index in [-0.39, 0.29) is 22.8 Å². The number of aryl methyl sites for hydroxylation is 1. The molecule has 0 aliphatic carbocycles. The smallest absolute Gasteiger partial charge is 0.293 e. The molecule has 2 aromatic rings.